The van der Waals surface area contributed by atoms with Crippen LogP contribution in [0.3, 0.4) is 0 Å². The zero-order valence-electron chi connectivity index (χ0n) is 11.2. The molecule has 0 atom stereocenters. The van der Waals surface area contributed by atoms with Crippen LogP contribution in [0.25, 0.3) is 0 Å². The molecule has 1 aromatic rings. The fourth-order valence-corrected chi connectivity index (χ4v) is 3.14. The summed E-state index contributed by atoms with van der Waals surface area (Å²) in [5, 5.41) is 0.639. The molecule has 0 bridgehead atoms. The third kappa shape index (κ3) is 4.72. The summed E-state index contributed by atoms with van der Waals surface area (Å²) in [5.74, 6) is -4.74. The van der Waals surface area contributed by atoms with Crippen LogP contribution in [-0.2, 0) is 10.1 Å². The molecule has 1 rings (SSSR count). The number of halogens is 7. The molecule has 0 fully saturated rings. The zero-order chi connectivity index (χ0) is 19.0. The maximum atomic E-state index is 13.0. The molecule has 0 aliphatic heterocycles. The molecule has 13 heteroatoms. The van der Waals surface area contributed by atoms with Crippen molar-refractivity contribution in [1.29, 1.82) is 0 Å². The van der Waals surface area contributed by atoms with Gasteiger partial charge in [0.1, 0.15) is 0 Å². The molecule has 1 amide bonds. The Morgan fingerprint density at radius 3 is 2.00 bits per heavy atom. The van der Waals surface area contributed by atoms with Crippen LogP contribution in [-0.4, -0.2) is 42.5 Å². The summed E-state index contributed by atoms with van der Waals surface area (Å²) in [4.78, 5) is 11.8. The largest absolute Gasteiger partial charge is 0.748 e. The highest BCUT2D eigenvalue weighted by atomic mass is 127. The molecule has 136 valence electrons. The summed E-state index contributed by atoms with van der Waals surface area (Å²) in [6.07, 6.45) is -12.6. The average molecular weight is 490 g/mol. The second-order valence-electron chi connectivity index (χ2n) is 4.57. The van der Waals surface area contributed by atoms with Crippen molar-refractivity contribution in [3.8, 4) is 0 Å². The molecule has 0 heterocycles. The van der Waals surface area contributed by atoms with E-state index in [2.05, 4.69) is 0 Å². The Hall–Kier alpha value is -1.09. The lowest BCUT2D eigenvalue weighted by Gasteiger charge is -2.38. The van der Waals surface area contributed by atoms with Crippen LogP contribution in [0.15, 0.2) is 24.3 Å². The fourth-order valence-electron chi connectivity index (χ4n) is 1.66. The van der Waals surface area contributed by atoms with Crippen molar-refractivity contribution in [3.05, 3.63) is 33.4 Å². The summed E-state index contributed by atoms with van der Waals surface area (Å²) in [6.45, 7) is 0. The summed E-state index contributed by atoms with van der Waals surface area (Å²) in [7, 11) is -5.99. The molecule has 0 saturated carbocycles. The van der Waals surface area contributed by atoms with Gasteiger partial charge in [0.05, 0.1) is 15.9 Å². The van der Waals surface area contributed by atoms with E-state index in [4.69, 9.17) is 0 Å². The van der Waals surface area contributed by atoms with Gasteiger partial charge in [0, 0.05) is 9.13 Å². The number of hydrogen-bond donors (Lipinski definition) is 1. The van der Waals surface area contributed by atoms with Gasteiger partial charge in [0.2, 0.25) is 5.54 Å². The van der Waals surface area contributed by atoms with E-state index in [-0.39, 0.29) is 0 Å². The van der Waals surface area contributed by atoms with Crippen molar-refractivity contribution in [3.63, 3.8) is 0 Å². The Morgan fingerprint density at radius 2 is 1.62 bits per heavy atom. The number of rotatable bonds is 4. The van der Waals surface area contributed by atoms with Crippen molar-refractivity contribution in [2.75, 3.05) is 5.75 Å². The van der Waals surface area contributed by atoms with E-state index in [0.29, 0.717) is 8.89 Å². The van der Waals surface area contributed by atoms with Gasteiger partial charge >= 0.3 is 12.4 Å². The summed E-state index contributed by atoms with van der Waals surface area (Å²) < 4.78 is 110. The van der Waals surface area contributed by atoms with Crippen LogP contribution < -0.4 is 5.32 Å². The van der Waals surface area contributed by atoms with Crippen molar-refractivity contribution in [2.24, 2.45) is 0 Å². The van der Waals surface area contributed by atoms with Gasteiger partial charge in [-0.05, 0) is 40.8 Å². The summed E-state index contributed by atoms with van der Waals surface area (Å²) in [5.41, 5.74) is -5.79. The molecule has 1 aromatic carbocycles. The highest BCUT2D eigenvalue weighted by Gasteiger charge is 2.72. The lowest BCUT2D eigenvalue weighted by atomic mass is 9.99. The molecule has 0 aliphatic carbocycles. The van der Waals surface area contributed by atoms with Gasteiger partial charge in [-0.1, -0.05) is 6.07 Å². The van der Waals surface area contributed by atoms with E-state index in [1.807, 2.05) is 0 Å². The minimum Gasteiger partial charge on any atom is -0.748 e. The first-order valence-electron chi connectivity index (χ1n) is 5.74. The topological polar surface area (TPSA) is 86.3 Å². The van der Waals surface area contributed by atoms with E-state index in [1.165, 1.54) is 12.1 Å². The molecule has 0 aliphatic rings. The Labute approximate surface area is 145 Å². The summed E-state index contributed by atoms with van der Waals surface area (Å²) in [6, 6.07) is 4.53. The van der Waals surface area contributed by atoms with Gasteiger partial charge in [-0.3, -0.25) is 4.79 Å². The van der Waals surface area contributed by atoms with Gasteiger partial charge in [-0.2, -0.15) is 26.3 Å². The third-order valence-electron chi connectivity index (χ3n) is 2.77. The highest BCUT2D eigenvalue weighted by Crippen LogP contribution is 2.44. The molecule has 24 heavy (non-hydrogen) atoms. The van der Waals surface area contributed by atoms with Crippen molar-refractivity contribution in [1.82, 2.24) is 5.32 Å². The lowest BCUT2D eigenvalue weighted by molar-refractivity contribution is -0.296. The number of hydrogen-bond acceptors (Lipinski definition) is 4. The molecular weight excluding hydrogens is 483 g/mol. The quantitative estimate of drug-likeness (QED) is 0.400. The predicted molar refractivity (Wildman–Crippen MR) is 76.0 cm³/mol. The SMILES string of the molecule is O=C(NC(CS(=O)(=O)[O-])(C(F)(F)F)C(F)(F)F)c1cccc(I)c1. The molecule has 0 saturated heterocycles. The van der Waals surface area contributed by atoms with Crippen molar-refractivity contribution >= 4 is 38.6 Å². The lowest BCUT2D eigenvalue weighted by Crippen LogP contribution is -2.70. The molecular formula is C11H7F6INO4S-. The summed E-state index contributed by atoms with van der Waals surface area (Å²) >= 11 is 1.66. The second kappa shape index (κ2) is 6.67. The average Bonchev–Trinajstić information content (AvgIpc) is 2.33. The monoisotopic (exact) mass is 490 g/mol. The van der Waals surface area contributed by atoms with Gasteiger partial charge in [-0.15, -0.1) is 0 Å². The minimum atomic E-state index is -6.28. The van der Waals surface area contributed by atoms with Crippen molar-refractivity contribution in [2.45, 2.75) is 17.9 Å². The Balaban J connectivity index is 3.45. The Morgan fingerprint density at radius 1 is 1.12 bits per heavy atom. The van der Waals surface area contributed by atoms with E-state index < -0.39 is 45.2 Å². The van der Waals surface area contributed by atoms with E-state index in [1.54, 1.807) is 22.6 Å². The number of alkyl halides is 6. The normalized spacial score (nSPS) is 13.7. The van der Waals surface area contributed by atoms with Crippen LogP contribution in [0, 0.1) is 3.57 Å². The van der Waals surface area contributed by atoms with E-state index in [0.717, 1.165) is 12.1 Å². The first kappa shape index (κ1) is 21.0. The van der Waals surface area contributed by atoms with Crippen molar-refractivity contribution < 1.29 is 44.1 Å². The first-order chi connectivity index (χ1) is 10.6. The number of carbonyl (C=O) groups excluding carboxylic acids is 1. The van der Waals surface area contributed by atoms with Crippen LogP contribution in [0.2, 0.25) is 0 Å². The minimum absolute atomic E-state index is 0.335. The molecule has 5 nitrogen and oxygen atoms in total. The van der Waals surface area contributed by atoms with Crippen LogP contribution in [0.5, 0.6) is 0 Å². The Kier molecular flexibility index (Phi) is 5.82. The smallest absolute Gasteiger partial charge is 0.421 e. The molecule has 1 N–H and O–H groups in total. The molecule has 0 radical (unpaired) electrons. The maximum Gasteiger partial charge on any atom is 0.421 e. The zero-order valence-corrected chi connectivity index (χ0v) is 14.2. The van der Waals surface area contributed by atoms with Crippen LogP contribution in [0.1, 0.15) is 10.4 Å². The molecule has 0 aromatic heterocycles. The van der Waals surface area contributed by atoms with Crippen LogP contribution in [0.4, 0.5) is 26.3 Å². The van der Waals surface area contributed by atoms with Gasteiger partial charge in [0.15, 0.2) is 0 Å². The first-order valence-corrected chi connectivity index (χ1v) is 8.40. The number of carbonyl (C=O) groups is 1. The van der Waals surface area contributed by atoms with Crippen LogP contribution >= 0.6 is 22.6 Å². The number of benzene rings is 1. The molecule has 0 unspecified atom stereocenters. The van der Waals surface area contributed by atoms with Gasteiger partial charge < -0.3 is 9.87 Å². The van der Waals surface area contributed by atoms with E-state index in [9.17, 15) is 44.1 Å². The van der Waals surface area contributed by atoms with E-state index >= 15 is 0 Å². The number of nitrogens with one attached hydrogen (secondary N) is 1. The fraction of sp³-hybridized carbons (Fsp3) is 0.364. The Bertz CT molecular complexity index is 717. The highest BCUT2D eigenvalue weighted by molar-refractivity contribution is 14.1. The standard InChI is InChI=1S/C11H8F6INO4S/c12-10(13,14)9(11(15,16)17,5-24(21,22)23)19-8(20)6-2-1-3-7(18)4-6/h1-4H,5H2,(H,19,20)(H,21,22,23)/p-1. The third-order valence-corrected chi connectivity index (χ3v) is 4.23. The second-order valence-corrected chi connectivity index (χ2v) is 7.22. The number of amides is 1. The van der Waals surface area contributed by atoms with Gasteiger partial charge in [-0.25, -0.2) is 8.42 Å². The van der Waals surface area contributed by atoms with Gasteiger partial charge in [0.25, 0.3) is 5.91 Å². The maximum absolute atomic E-state index is 13.0. The molecule has 0 spiro atoms. The predicted octanol–water partition coefficient (Wildman–Crippen LogP) is 2.43.